The molecule has 7 heteroatoms. The van der Waals surface area contributed by atoms with Crippen molar-refractivity contribution in [2.75, 3.05) is 19.7 Å². The number of aliphatic imine (C=N–C) groups is 1. The number of aliphatic hydroxyl groups is 1. The fourth-order valence-electron chi connectivity index (χ4n) is 2.89. The topological polar surface area (TPSA) is 69.8 Å². The summed E-state index contributed by atoms with van der Waals surface area (Å²) in [6, 6.07) is 8.04. The summed E-state index contributed by atoms with van der Waals surface area (Å²) < 4.78 is 5.38. The van der Waals surface area contributed by atoms with E-state index in [1.165, 1.54) is 4.88 Å². The average Bonchev–Trinajstić information content (AvgIpc) is 3.30. The zero-order valence-electron chi connectivity index (χ0n) is 16.2. The molecule has 5 nitrogen and oxygen atoms in total. The van der Waals surface area contributed by atoms with Gasteiger partial charge in [-0.1, -0.05) is 19.9 Å². The van der Waals surface area contributed by atoms with E-state index in [1.807, 2.05) is 18.2 Å². The summed E-state index contributed by atoms with van der Waals surface area (Å²) in [6.07, 6.45) is 4.43. The van der Waals surface area contributed by atoms with Gasteiger partial charge in [-0.15, -0.1) is 35.3 Å². The number of guanidine groups is 1. The molecule has 1 unspecified atom stereocenters. The van der Waals surface area contributed by atoms with E-state index in [-0.39, 0.29) is 30.6 Å². The van der Waals surface area contributed by atoms with Crippen LogP contribution in [0, 0.1) is 11.8 Å². The molecule has 0 saturated heterocycles. The van der Waals surface area contributed by atoms with E-state index in [2.05, 4.69) is 35.9 Å². The molecule has 0 radical (unpaired) electrons. The highest BCUT2D eigenvalue weighted by molar-refractivity contribution is 14.0. The molecule has 0 fully saturated rings. The lowest BCUT2D eigenvalue weighted by atomic mass is 9.94. The van der Waals surface area contributed by atoms with Gasteiger partial charge in [0, 0.05) is 31.0 Å². The van der Waals surface area contributed by atoms with Gasteiger partial charge < -0.3 is 20.2 Å². The van der Waals surface area contributed by atoms with Crippen molar-refractivity contribution in [1.29, 1.82) is 0 Å². The molecule has 0 bridgehead atoms. The molecule has 0 aliphatic carbocycles. The van der Waals surface area contributed by atoms with Crippen molar-refractivity contribution < 1.29 is 9.52 Å². The molecule has 0 aromatic carbocycles. The predicted molar refractivity (Wildman–Crippen MR) is 124 cm³/mol. The number of furan rings is 1. The first-order valence-corrected chi connectivity index (χ1v) is 10.2. The molecule has 0 saturated carbocycles. The number of rotatable bonds is 11. The smallest absolute Gasteiger partial charge is 0.191 e. The van der Waals surface area contributed by atoms with Crippen molar-refractivity contribution in [1.82, 2.24) is 10.6 Å². The number of aliphatic hydroxyl groups excluding tert-OH is 1. The Hall–Kier alpha value is -1.06. The molecule has 2 heterocycles. The van der Waals surface area contributed by atoms with Crippen molar-refractivity contribution in [2.45, 2.75) is 39.7 Å². The van der Waals surface area contributed by atoms with E-state index in [9.17, 15) is 5.11 Å². The van der Waals surface area contributed by atoms with E-state index in [1.54, 1.807) is 17.6 Å². The number of hydrogen-bond donors (Lipinski definition) is 3. The minimum absolute atomic E-state index is 0. The molecule has 2 rings (SSSR count). The van der Waals surface area contributed by atoms with Gasteiger partial charge in [0.2, 0.25) is 0 Å². The number of halogens is 1. The third-order valence-electron chi connectivity index (χ3n) is 4.12. The van der Waals surface area contributed by atoms with E-state index < -0.39 is 0 Å². The van der Waals surface area contributed by atoms with Gasteiger partial charge in [0.05, 0.1) is 12.8 Å². The SMILES string of the molecule is CC(C)CC(CCO)CNC(=NCc1cccs1)NCCc1ccco1.I. The zero-order valence-corrected chi connectivity index (χ0v) is 19.3. The summed E-state index contributed by atoms with van der Waals surface area (Å²) in [5.74, 6) is 2.84. The molecule has 0 aliphatic rings. The number of thiophene rings is 1. The standard InChI is InChI=1S/C20H31N3O2S.HI/c1-16(2)13-17(8-10-24)14-22-20(23-15-19-6-4-12-26-19)21-9-7-18-5-3-11-25-18;/h3-6,11-12,16-17,24H,7-10,13-15H2,1-2H3,(H2,21,22,23);1H. The van der Waals surface area contributed by atoms with Gasteiger partial charge in [0.1, 0.15) is 5.76 Å². The van der Waals surface area contributed by atoms with E-state index in [0.717, 1.165) is 44.1 Å². The van der Waals surface area contributed by atoms with Gasteiger partial charge in [-0.05, 0) is 48.3 Å². The summed E-state index contributed by atoms with van der Waals surface area (Å²) in [7, 11) is 0. The van der Waals surface area contributed by atoms with E-state index in [4.69, 9.17) is 9.41 Å². The summed E-state index contributed by atoms with van der Waals surface area (Å²) >= 11 is 1.72. The summed E-state index contributed by atoms with van der Waals surface area (Å²) in [4.78, 5) is 5.95. The van der Waals surface area contributed by atoms with Crippen LogP contribution in [0.1, 0.15) is 37.3 Å². The third kappa shape index (κ3) is 10.2. The van der Waals surface area contributed by atoms with Gasteiger partial charge in [-0.3, -0.25) is 0 Å². The van der Waals surface area contributed by atoms with Crippen LogP contribution in [0.2, 0.25) is 0 Å². The normalized spacial score (nSPS) is 12.7. The highest BCUT2D eigenvalue weighted by atomic mass is 127. The molecular formula is C20H32IN3O2S. The second kappa shape index (κ2) is 14.0. The first-order chi connectivity index (χ1) is 12.7. The monoisotopic (exact) mass is 505 g/mol. The first kappa shape index (κ1) is 24.0. The van der Waals surface area contributed by atoms with Crippen LogP contribution in [0.25, 0.3) is 0 Å². The minimum Gasteiger partial charge on any atom is -0.469 e. The quantitative estimate of drug-likeness (QED) is 0.242. The maximum Gasteiger partial charge on any atom is 0.191 e. The second-order valence-corrected chi connectivity index (χ2v) is 7.92. The second-order valence-electron chi connectivity index (χ2n) is 6.89. The summed E-state index contributed by atoms with van der Waals surface area (Å²) in [5, 5.41) is 18.2. The first-order valence-electron chi connectivity index (χ1n) is 9.35. The third-order valence-corrected chi connectivity index (χ3v) is 4.98. The Balaban J connectivity index is 0.00000364. The molecule has 27 heavy (non-hydrogen) atoms. The van der Waals surface area contributed by atoms with Gasteiger partial charge in [0.25, 0.3) is 0 Å². The predicted octanol–water partition coefficient (Wildman–Crippen LogP) is 4.28. The molecule has 2 aromatic heterocycles. The average molecular weight is 505 g/mol. The fraction of sp³-hybridized carbons (Fsp3) is 0.550. The molecule has 0 spiro atoms. The van der Waals surface area contributed by atoms with Gasteiger partial charge in [0.15, 0.2) is 5.96 Å². The highest BCUT2D eigenvalue weighted by Crippen LogP contribution is 2.14. The Morgan fingerprint density at radius 1 is 1.26 bits per heavy atom. The Bertz CT molecular complexity index is 615. The van der Waals surface area contributed by atoms with Crippen LogP contribution in [0.15, 0.2) is 45.3 Å². The lowest BCUT2D eigenvalue weighted by molar-refractivity contribution is 0.243. The van der Waals surface area contributed by atoms with Crippen LogP contribution in [-0.2, 0) is 13.0 Å². The van der Waals surface area contributed by atoms with Crippen molar-refractivity contribution in [3.05, 3.63) is 46.5 Å². The fourth-order valence-corrected chi connectivity index (χ4v) is 3.51. The molecule has 152 valence electrons. The van der Waals surface area contributed by atoms with Crippen molar-refractivity contribution in [2.24, 2.45) is 16.8 Å². The van der Waals surface area contributed by atoms with Crippen molar-refractivity contribution >= 4 is 41.3 Å². The Kier molecular flexibility index (Phi) is 12.4. The largest absolute Gasteiger partial charge is 0.469 e. The van der Waals surface area contributed by atoms with Crippen molar-refractivity contribution in [3.8, 4) is 0 Å². The highest BCUT2D eigenvalue weighted by Gasteiger charge is 2.11. The molecule has 3 N–H and O–H groups in total. The summed E-state index contributed by atoms with van der Waals surface area (Å²) in [6.45, 7) is 6.92. The van der Waals surface area contributed by atoms with Crippen LogP contribution in [0.5, 0.6) is 0 Å². The maximum atomic E-state index is 9.31. The van der Waals surface area contributed by atoms with Gasteiger partial charge in [-0.2, -0.15) is 0 Å². The van der Waals surface area contributed by atoms with Crippen LogP contribution in [-0.4, -0.2) is 30.8 Å². The number of nitrogens with zero attached hydrogens (tertiary/aromatic N) is 1. The molecule has 2 aromatic rings. The van der Waals surface area contributed by atoms with E-state index in [0.29, 0.717) is 18.4 Å². The zero-order chi connectivity index (χ0) is 18.6. The molecule has 0 amide bonds. The van der Waals surface area contributed by atoms with Crippen LogP contribution in [0.3, 0.4) is 0 Å². The van der Waals surface area contributed by atoms with Gasteiger partial charge >= 0.3 is 0 Å². The van der Waals surface area contributed by atoms with Crippen molar-refractivity contribution in [3.63, 3.8) is 0 Å². The summed E-state index contributed by atoms with van der Waals surface area (Å²) in [5.41, 5.74) is 0. The van der Waals surface area contributed by atoms with Crippen LogP contribution >= 0.6 is 35.3 Å². The van der Waals surface area contributed by atoms with Gasteiger partial charge in [-0.25, -0.2) is 4.99 Å². The lowest BCUT2D eigenvalue weighted by Crippen LogP contribution is -2.41. The molecule has 0 aliphatic heterocycles. The van der Waals surface area contributed by atoms with E-state index >= 15 is 0 Å². The minimum atomic E-state index is 0. The number of nitrogens with one attached hydrogen (secondary N) is 2. The Morgan fingerprint density at radius 3 is 2.74 bits per heavy atom. The Morgan fingerprint density at radius 2 is 2.11 bits per heavy atom. The maximum absolute atomic E-state index is 9.31. The van der Waals surface area contributed by atoms with Crippen LogP contribution < -0.4 is 10.6 Å². The number of hydrogen-bond acceptors (Lipinski definition) is 4. The molecule has 1 atom stereocenters. The van der Waals surface area contributed by atoms with Crippen LogP contribution in [0.4, 0.5) is 0 Å². The molecular weight excluding hydrogens is 473 g/mol. The Labute approximate surface area is 183 Å². The lowest BCUT2D eigenvalue weighted by Gasteiger charge is -2.20.